The smallest absolute Gasteiger partial charge is 0.161 e. The minimum absolute atomic E-state index is 0.0737. The number of aromatic hydroxyl groups is 1. The number of aliphatic hydroxyl groups excluding tert-OH is 2. The topological polar surface area (TPSA) is 125 Å². The van der Waals surface area contributed by atoms with E-state index in [9.17, 15) is 15.3 Å². The number of anilines is 1. The Balaban J connectivity index is 1.20. The fourth-order valence-corrected chi connectivity index (χ4v) is 7.07. The highest BCUT2D eigenvalue weighted by Gasteiger charge is 2.38. The number of fused-ring (bicyclic) bond motifs is 3. The molecule has 0 aliphatic heterocycles. The third kappa shape index (κ3) is 7.93. The van der Waals surface area contributed by atoms with Crippen molar-refractivity contribution in [2.75, 3.05) is 12.3 Å². The molecule has 5 rings (SSSR count). The van der Waals surface area contributed by atoms with Gasteiger partial charge in [0.25, 0.3) is 0 Å². The van der Waals surface area contributed by atoms with E-state index in [1.54, 1.807) is 12.3 Å². The van der Waals surface area contributed by atoms with Gasteiger partial charge in [0.05, 0.1) is 18.8 Å². The monoisotopic (exact) mass is 585 g/mol. The number of pyridine rings is 1. The van der Waals surface area contributed by atoms with Crippen LogP contribution in [0.5, 0.6) is 11.5 Å². The van der Waals surface area contributed by atoms with Gasteiger partial charge in [0.1, 0.15) is 5.82 Å². The van der Waals surface area contributed by atoms with Crippen LogP contribution < -0.4 is 10.5 Å². The molecule has 7 heteroatoms. The first kappa shape index (κ1) is 31.0. The van der Waals surface area contributed by atoms with Crippen LogP contribution in [0.15, 0.2) is 54.9 Å². The predicted molar refractivity (Wildman–Crippen MR) is 170 cm³/mol. The minimum Gasteiger partial charge on any atom is -0.504 e. The van der Waals surface area contributed by atoms with Gasteiger partial charge in [-0.1, -0.05) is 25.3 Å². The summed E-state index contributed by atoms with van der Waals surface area (Å²) in [5.74, 6) is 8.09. The highest BCUT2D eigenvalue weighted by atomic mass is 16.5. The molecule has 2 aliphatic carbocycles. The van der Waals surface area contributed by atoms with Gasteiger partial charge in [0.2, 0.25) is 0 Å². The van der Waals surface area contributed by atoms with Crippen LogP contribution in [-0.4, -0.2) is 44.1 Å². The maximum atomic E-state index is 11.3. The number of aryl methyl sites for hydroxylation is 1. The van der Waals surface area contributed by atoms with E-state index in [0.717, 1.165) is 68.2 Å². The number of nitrogens with two attached hydrogens (primary N) is 1. The van der Waals surface area contributed by atoms with Crippen molar-refractivity contribution in [3.05, 3.63) is 71.7 Å². The van der Waals surface area contributed by atoms with E-state index < -0.39 is 12.2 Å². The number of rotatable bonds is 12. The lowest BCUT2D eigenvalue weighted by molar-refractivity contribution is -0.0231. The normalized spacial score (nSPS) is 25.0. The lowest BCUT2D eigenvalue weighted by Crippen LogP contribution is -2.37. The molecule has 1 saturated carbocycles. The molecule has 1 aromatic carbocycles. The Hall–Kier alpha value is -3.47. The second-order valence-electron chi connectivity index (χ2n) is 12.6. The lowest BCUT2D eigenvalue weighted by Gasteiger charge is -2.31. The average Bonchev–Trinajstić information content (AvgIpc) is 3.45. The predicted octanol–water partition coefficient (Wildman–Crippen LogP) is 6.15. The van der Waals surface area contributed by atoms with Gasteiger partial charge in [-0.25, -0.2) is 4.98 Å². The molecule has 3 aromatic rings. The summed E-state index contributed by atoms with van der Waals surface area (Å²) in [4.78, 5) is 7.41. The number of nitrogen functional groups attached to an aromatic ring is 1. The first-order valence-electron chi connectivity index (χ1n) is 16.0. The summed E-state index contributed by atoms with van der Waals surface area (Å²) in [5.41, 5.74) is 9.25. The van der Waals surface area contributed by atoms with Crippen LogP contribution in [0.4, 0.5) is 5.82 Å². The molecule has 2 aliphatic rings. The van der Waals surface area contributed by atoms with Crippen LogP contribution in [0.2, 0.25) is 0 Å². The number of hydrogen-bond donors (Lipinski definition) is 5. The first-order valence-corrected chi connectivity index (χ1v) is 16.0. The van der Waals surface area contributed by atoms with Crippen molar-refractivity contribution in [3.63, 3.8) is 0 Å². The Labute approximate surface area is 255 Å². The van der Waals surface area contributed by atoms with Crippen molar-refractivity contribution in [1.29, 1.82) is 0 Å². The molecular weight excluding hydrogens is 538 g/mol. The van der Waals surface area contributed by atoms with E-state index in [1.807, 2.05) is 36.5 Å². The summed E-state index contributed by atoms with van der Waals surface area (Å²) in [7, 11) is 0. The highest BCUT2D eigenvalue weighted by molar-refractivity contribution is 5.42. The van der Waals surface area contributed by atoms with Gasteiger partial charge in [0, 0.05) is 35.8 Å². The zero-order chi connectivity index (χ0) is 30.2. The summed E-state index contributed by atoms with van der Waals surface area (Å²) in [6.07, 6.45) is 11.9. The Morgan fingerprint density at radius 1 is 1.16 bits per heavy atom. The van der Waals surface area contributed by atoms with Crippen LogP contribution in [0, 0.1) is 29.1 Å². The maximum Gasteiger partial charge on any atom is 0.161 e. The maximum absolute atomic E-state index is 11.3. The minimum atomic E-state index is -0.653. The fraction of sp³-hybridized carbons (Fsp3) is 0.528. The highest BCUT2D eigenvalue weighted by Crippen LogP contribution is 2.43. The summed E-state index contributed by atoms with van der Waals surface area (Å²) < 4.78 is 6.10. The Bertz CT molecular complexity index is 1380. The Kier molecular flexibility index (Phi) is 10.3. The van der Waals surface area contributed by atoms with Crippen LogP contribution in [0.3, 0.4) is 0 Å². The number of nitrogens with zero attached hydrogens (tertiary/aromatic N) is 1. The fourth-order valence-electron chi connectivity index (χ4n) is 7.07. The van der Waals surface area contributed by atoms with Crippen LogP contribution in [0.25, 0.3) is 0 Å². The molecule has 6 unspecified atom stereocenters. The van der Waals surface area contributed by atoms with E-state index >= 15 is 0 Å². The Morgan fingerprint density at radius 3 is 2.84 bits per heavy atom. The van der Waals surface area contributed by atoms with Gasteiger partial charge in [-0.3, -0.25) is 0 Å². The molecule has 6 atom stereocenters. The molecule has 2 bridgehead atoms. The number of ether oxygens (including phenoxy) is 1. The molecule has 230 valence electrons. The number of benzene rings is 1. The van der Waals surface area contributed by atoms with Crippen molar-refractivity contribution < 1.29 is 20.1 Å². The standard InChI is InChI=1S/C36H47N3O4/c1-2-36-16-3-6-26(13-18-36)35(42)30(8-4-17-36)31(40)11-9-25-10-12-32(41)33(22-25)43-21-15-28(23-29-7-5-19-38-29)27-14-20-39-34(37)24-27/h5,7,10,12,14,19-20,22,24,26,28,30-31,35,38,40-42H,2-3,6,8-9,11,13,15-16,18,21,23H2,1H3,(H2,37,39). The molecule has 2 heterocycles. The zero-order valence-corrected chi connectivity index (χ0v) is 25.3. The number of aromatic amines is 1. The number of hydrogen-bond acceptors (Lipinski definition) is 6. The van der Waals surface area contributed by atoms with Crippen LogP contribution >= 0.6 is 0 Å². The van der Waals surface area contributed by atoms with Gasteiger partial charge in [-0.15, -0.1) is 5.92 Å². The average molecular weight is 586 g/mol. The summed E-state index contributed by atoms with van der Waals surface area (Å²) in [5, 5.41) is 33.1. The molecule has 7 nitrogen and oxygen atoms in total. The van der Waals surface area contributed by atoms with Gasteiger partial charge in [0.15, 0.2) is 11.5 Å². The molecule has 0 saturated heterocycles. The van der Waals surface area contributed by atoms with Crippen molar-refractivity contribution in [2.45, 2.75) is 95.7 Å². The number of nitrogens with one attached hydrogen (secondary N) is 1. The van der Waals surface area contributed by atoms with Gasteiger partial charge < -0.3 is 30.8 Å². The van der Waals surface area contributed by atoms with E-state index in [0.29, 0.717) is 37.4 Å². The third-order valence-corrected chi connectivity index (χ3v) is 9.89. The molecule has 0 radical (unpaired) electrons. The molecule has 43 heavy (non-hydrogen) atoms. The number of H-pyrrole nitrogens is 1. The van der Waals surface area contributed by atoms with Crippen molar-refractivity contribution in [1.82, 2.24) is 9.97 Å². The first-order chi connectivity index (χ1) is 20.9. The molecule has 0 amide bonds. The molecule has 2 aromatic heterocycles. The summed E-state index contributed by atoms with van der Waals surface area (Å²) >= 11 is 0. The van der Waals surface area contributed by atoms with Crippen molar-refractivity contribution in [2.24, 2.45) is 17.3 Å². The van der Waals surface area contributed by atoms with Crippen LogP contribution in [0.1, 0.15) is 87.4 Å². The van der Waals surface area contributed by atoms with E-state index in [1.165, 1.54) is 0 Å². The third-order valence-electron chi connectivity index (χ3n) is 9.89. The van der Waals surface area contributed by atoms with E-state index in [2.05, 4.69) is 34.8 Å². The van der Waals surface area contributed by atoms with Crippen LogP contribution in [-0.2, 0) is 12.8 Å². The summed E-state index contributed by atoms with van der Waals surface area (Å²) in [6.45, 7) is 2.64. The van der Waals surface area contributed by atoms with Crippen molar-refractivity contribution in [3.8, 4) is 23.3 Å². The molecule has 1 fully saturated rings. The van der Waals surface area contributed by atoms with E-state index in [-0.39, 0.29) is 28.9 Å². The second kappa shape index (κ2) is 14.3. The van der Waals surface area contributed by atoms with E-state index in [4.69, 9.17) is 10.5 Å². The van der Waals surface area contributed by atoms with Gasteiger partial charge in [-0.05, 0) is 117 Å². The number of phenolic OH excluding ortho intramolecular Hbond substituents is 1. The summed E-state index contributed by atoms with van der Waals surface area (Å²) in [6, 6.07) is 13.3. The van der Waals surface area contributed by atoms with Crippen molar-refractivity contribution >= 4 is 5.82 Å². The molecular formula is C36H47N3O4. The molecule has 6 N–H and O–H groups in total. The quantitative estimate of drug-likeness (QED) is 0.163. The zero-order valence-electron chi connectivity index (χ0n) is 25.3. The van der Waals surface area contributed by atoms with Gasteiger partial charge >= 0.3 is 0 Å². The second-order valence-corrected chi connectivity index (χ2v) is 12.6. The number of phenols is 1. The lowest BCUT2D eigenvalue weighted by atomic mass is 9.78. The SMILES string of the molecule is CCC12C#CCC(C(O)CCc3ccc(O)c(OCCC(Cc4ccc[nH]4)c4ccnc(N)c4)c3)C(O)C(CCC1)CC2. The Morgan fingerprint density at radius 2 is 2.05 bits per heavy atom. The van der Waals surface area contributed by atoms with Gasteiger partial charge in [-0.2, -0.15) is 0 Å². The largest absolute Gasteiger partial charge is 0.504 e. The molecule has 0 spiro atoms. The number of aromatic nitrogens is 2. The number of aliphatic hydroxyl groups is 2.